The Bertz CT molecular complexity index is 557. The van der Waals surface area contributed by atoms with E-state index >= 15 is 0 Å². The van der Waals surface area contributed by atoms with E-state index < -0.39 is 5.91 Å². The zero-order valence-electron chi connectivity index (χ0n) is 10.5. The van der Waals surface area contributed by atoms with Gasteiger partial charge < -0.3 is 10.6 Å². The molecule has 0 fully saturated rings. The molecule has 1 aromatic carbocycles. The fraction of sp³-hybridized carbons (Fsp3) is 0.308. The van der Waals surface area contributed by atoms with Crippen LogP contribution in [0.1, 0.15) is 23.7 Å². The molecular formula is C13H14N2O3S. The number of ketones is 1. The maximum absolute atomic E-state index is 11.9. The summed E-state index contributed by atoms with van der Waals surface area (Å²) in [5.41, 5.74) is 6.48. The van der Waals surface area contributed by atoms with E-state index in [1.165, 1.54) is 18.7 Å². The van der Waals surface area contributed by atoms with Crippen molar-refractivity contribution in [2.75, 3.05) is 17.2 Å². The molecule has 2 N–H and O–H groups in total. The fourth-order valence-corrected chi connectivity index (χ4v) is 2.86. The summed E-state index contributed by atoms with van der Waals surface area (Å²) in [4.78, 5) is 36.5. The second kappa shape index (κ2) is 5.44. The van der Waals surface area contributed by atoms with Gasteiger partial charge in [-0.2, -0.15) is 0 Å². The number of primary amides is 1. The first-order valence-electron chi connectivity index (χ1n) is 5.85. The molecule has 1 aliphatic rings. The van der Waals surface area contributed by atoms with Crippen LogP contribution in [-0.2, 0) is 9.59 Å². The van der Waals surface area contributed by atoms with Gasteiger partial charge in [0, 0.05) is 23.4 Å². The molecule has 0 spiro atoms. The number of nitrogens with two attached hydrogens (primary N) is 1. The molecule has 6 heteroatoms. The Kier molecular flexibility index (Phi) is 3.90. The van der Waals surface area contributed by atoms with E-state index in [4.69, 9.17) is 5.73 Å². The summed E-state index contributed by atoms with van der Waals surface area (Å²) in [6, 6.07) is 5.22. The number of fused-ring (bicyclic) bond motifs is 1. The van der Waals surface area contributed by atoms with Crippen LogP contribution in [0.2, 0.25) is 0 Å². The number of carbonyl (C=O) groups excluding carboxylic acids is 3. The molecule has 19 heavy (non-hydrogen) atoms. The Balaban J connectivity index is 2.31. The van der Waals surface area contributed by atoms with Gasteiger partial charge in [0.15, 0.2) is 5.78 Å². The topological polar surface area (TPSA) is 80.5 Å². The van der Waals surface area contributed by atoms with Crippen LogP contribution in [0.5, 0.6) is 0 Å². The second-order valence-electron chi connectivity index (χ2n) is 4.29. The second-order valence-corrected chi connectivity index (χ2v) is 5.31. The number of hydrogen-bond donors (Lipinski definition) is 1. The molecular weight excluding hydrogens is 264 g/mol. The highest BCUT2D eigenvalue weighted by Gasteiger charge is 2.25. The number of anilines is 1. The van der Waals surface area contributed by atoms with E-state index in [-0.39, 0.29) is 24.7 Å². The molecule has 0 atom stereocenters. The SMILES string of the molecule is CC(=O)c1ccc2c(c1)SCC(=O)N2CCC(N)=O. The van der Waals surface area contributed by atoms with Crippen molar-refractivity contribution in [1.82, 2.24) is 0 Å². The Morgan fingerprint density at radius 3 is 2.79 bits per heavy atom. The van der Waals surface area contributed by atoms with Crippen molar-refractivity contribution in [3.63, 3.8) is 0 Å². The van der Waals surface area contributed by atoms with Gasteiger partial charge in [-0.05, 0) is 25.1 Å². The average Bonchev–Trinajstić information content (AvgIpc) is 2.36. The van der Waals surface area contributed by atoms with Gasteiger partial charge in [-0.15, -0.1) is 11.8 Å². The summed E-state index contributed by atoms with van der Waals surface area (Å²) in [5.74, 6) is -0.182. The molecule has 0 bridgehead atoms. The van der Waals surface area contributed by atoms with Crippen LogP contribution < -0.4 is 10.6 Å². The van der Waals surface area contributed by atoms with E-state index in [9.17, 15) is 14.4 Å². The Morgan fingerprint density at radius 2 is 2.16 bits per heavy atom. The van der Waals surface area contributed by atoms with Gasteiger partial charge in [-0.25, -0.2) is 0 Å². The summed E-state index contributed by atoms with van der Waals surface area (Å²) in [7, 11) is 0. The standard InChI is InChI=1S/C13H14N2O3S/c1-8(16)9-2-3-10-11(6-9)19-7-13(18)15(10)5-4-12(14)17/h2-3,6H,4-5,7H2,1H3,(H2,14,17). The minimum atomic E-state index is -0.437. The number of rotatable bonds is 4. The van der Waals surface area contributed by atoms with E-state index in [0.29, 0.717) is 11.3 Å². The van der Waals surface area contributed by atoms with Crippen molar-refractivity contribution in [1.29, 1.82) is 0 Å². The average molecular weight is 278 g/mol. The van der Waals surface area contributed by atoms with Crippen molar-refractivity contribution >= 4 is 35.0 Å². The van der Waals surface area contributed by atoms with Crippen molar-refractivity contribution in [2.45, 2.75) is 18.2 Å². The molecule has 0 radical (unpaired) electrons. The first-order valence-corrected chi connectivity index (χ1v) is 6.84. The summed E-state index contributed by atoms with van der Waals surface area (Å²) in [6.45, 7) is 1.78. The van der Waals surface area contributed by atoms with Crippen molar-refractivity contribution < 1.29 is 14.4 Å². The number of thioether (sulfide) groups is 1. The summed E-state index contributed by atoms with van der Waals surface area (Å²) < 4.78 is 0. The van der Waals surface area contributed by atoms with Crippen LogP contribution in [0.15, 0.2) is 23.1 Å². The third-order valence-electron chi connectivity index (χ3n) is 2.89. The molecule has 1 aromatic rings. The molecule has 2 rings (SSSR count). The van der Waals surface area contributed by atoms with Gasteiger partial charge in [-0.3, -0.25) is 14.4 Å². The fourth-order valence-electron chi connectivity index (χ4n) is 1.89. The quantitative estimate of drug-likeness (QED) is 0.839. The smallest absolute Gasteiger partial charge is 0.237 e. The highest BCUT2D eigenvalue weighted by Crippen LogP contribution is 2.36. The van der Waals surface area contributed by atoms with Crippen LogP contribution >= 0.6 is 11.8 Å². The van der Waals surface area contributed by atoms with E-state index in [2.05, 4.69) is 0 Å². The molecule has 100 valence electrons. The maximum Gasteiger partial charge on any atom is 0.237 e. The predicted octanol–water partition coefficient (Wildman–Crippen LogP) is 1.20. The van der Waals surface area contributed by atoms with Crippen molar-refractivity contribution in [3.05, 3.63) is 23.8 Å². The van der Waals surface area contributed by atoms with Gasteiger partial charge in [0.1, 0.15) is 0 Å². The zero-order valence-corrected chi connectivity index (χ0v) is 11.3. The Labute approximate surface area is 115 Å². The summed E-state index contributed by atoms with van der Waals surface area (Å²) in [5, 5.41) is 0. The maximum atomic E-state index is 11.9. The highest BCUT2D eigenvalue weighted by atomic mass is 32.2. The van der Waals surface area contributed by atoms with Crippen LogP contribution in [0.25, 0.3) is 0 Å². The van der Waals surface area contributed by atoms with Gasteiger partial charge >= 0.3 is 0 Å². The van der Waals surface area contributed by atoms with E-state index in [1.54, 1.807) is 23.1 Å². The van der Waals surface area contributed by atoms with E-state index in [0.717, 1.165) is 10.6 Å². The van der Waals surface area contributed by atoms with Crippen LogP contribution in [-0.4, -0.2) is 29.9 Å². The summed E-state index contributed by atoms with van der Waals surface area (Å²) >= 11 is 1.41. The van der Waals surface area contributed by atoms with Gasteiger partial charge in [0.2, 0.25) is 11.8 Å². The van der Waals surface area contributed by atoms with Crippen LogP contribution in [0, 0.1) is 0 Å². The van der Waals surface area contributed by atoms with E-state index in [1.807, 2.05) is 0 Å². The molecule has 0 aromatic heterocycles. The number of amides is 2. The molecule has 5 nitrogen and oxygen atoms in total. The normalized spacial score (nSPS) is 14.2. The first kappa shape index (κ1) is 13.6. The number of hydrogen-bond acceptors (Lipinski definition) is 4. The number of benzene rings is 1. The lowest BCUT2D eigenvalue weighted by atomic mass is 10.1. The first-order chi connectivity index (χ1) is 8.99. The highest BCUT2D eigenvalue weighted by molar-refractivity contribution is 8.00. The third kappa shape index (κ3) is 2.96. The largest absolute Gasteiger partial charge is 0.370 e. The number of Topliss-reactive ketones (excluding diaryl/α,β-unsaturated/α-hetero) is 1. The minimum absolute atomic E-state index is 0.0102. The zero-order chi connectivity index (χ0) is 14.0. The van der Waals surface area contributed by atoms with Gasteiger partial charge in [-0.1, -0.05) is 0 Å². The van der Waals surface area contributed by atoms with Gasteiger partial charge in [0.05, 0.1) is 11.4 Å². The lowest BCUT2D eigenvalue weighted by Crippen LogP contribution is -2.37. The lowest BCUT2D eigenvalue weighted by Gasteiger charge is -2.28. The predicted molar refractivity (Wildman–Crippen MR) is 73.3 cm³/mol. The molecule has 0 saturated heterocycles. The third-order valence-corrected chi connectivity index (χ3v) is 3.92. The van der Waals surface area contributed by atoms with Crippen LogP contribution in [0.3, 0.4) is 0 Å². The molecule has 2 amide bonds. The van der Waals surface area contributed by atoms with Crippen molar-refractivity contribution in [2.24, 2.45) is 5.73 Å². The van der Waals surface area contributed by atoms with Crippen molar-refractivity contribution in [3.8, 4) is 0 Å². The monoisotopic (exact) mass is 278 g/mol. The number of carbonyl (C=O) groups is 3. The van der Waals surface area contributed by atoms with Crippen LogP contribution in [0.4, 0.5) is 5.69 Å². The Hall–Kier alpha value is -1.82. The molecule has 1 heterocycles. The molecule has 0 unspecified atom stereocenters. The lowest BCUT2D eigenvalue weighted by molar-refractivity contribution is -0.118. The van der Waals surface area contributed by atoms with Gasteiger partial charge in [0.25, 0.3) is 0 Å². The molecule has 1 aliphatic heterocycles. The number of nitrogens with zero attached hydrogens (tertiary/aromatic N) is 1. The Morgan fingerprint density at radius 1 is 1.42 bits per heavy atom. The summed E-state index contributed by atoms with van der Waals surface area (Å²) in [6.07, 6.45) is 0.129. The minimum Gasteiger partial charge on any atom is -0.370 e. The molecule has 0 aliphatic carbocycles. The molecule has 0 saturated carbocycles.